The summed E-state index contributed by atoms with van der Waals surface area (Å²) in [5.74, 6) is 0.109. The minimum atomic E-state index is -4.19. The van der Waals surface area contributed by atoms with Gasteiger partial charge in [0.25, 0.3) is 10.1 Å². The Morgan fingerprint density at radius 1 is 1.33 bits per heavy atom. The first kappa shape index (κ1) is 12.8. The van der Waals surface area contributed by atoms with Gasteiger partial charge in [-0.15, -0.1) is 6.58 Å². The van der Waals surface area contributed by atoms with E-state index < -0.39 is 10.1 Å². The highest BCUT2D eigenvalue weighted by atomic mass is 32.2. The highest BCUT2D eigenvalue weighted by Gasteiger charge is 2.28. The molecule has 96 valence electrons. The number of benzene rings is 1. The van der Waals surface area contributed by atoms with E-state index >= 15 is 0 Å². The molecule has 1 aliphatic rings. The molecule has 1 saturated heterocycles. The standard InChI is InChI=1S/C12H13NO4S/c1-2-9-7-12(14)13(8-9)10-3-5-11(6-4-10)18(15,16)17/h2-6,9H,1,7-8H2,(H,15,16,17). The maximum Gasteiger partial charge on any atom is 0.294 e. The Morgan fingerprint density at radius 2 is 1.94 bits per heavy atom. The van der Waals surface area contributed by atoms with Gasteiger partial charge in [0.2, 0.25) is 5.91 Å². The van der Waals surface area contributed by atoms with Crippen LogP contribution < -0.4 is 4.90 Å². The van der Waals surface area contributed by atoms with Crippen LogP contribution in [0.15, 0.2) is 41.8 Å². The van der Waals surface area contributed by atoms with E-state index in [0.29, 0.717) is 18.7 Å². The maximum absolute atomic E-state index is 11.7. The van der Waals surface area contributed by atoms with Crippen LogP contribution in [0.2, 0.25) is 0 Å². The maximum atomic E-state index is 11.7. The van der Waals surface area contributed by atoms with Crippen molar-refractivity contribution in [1.82, 2.24) is 0 Å². The van der Waals surface area contributed by atoms with E-state index in [9.17, 15) is 13.2 Å². The van der Waals surface area contributed by atoms with Crippen molar-refractivity contribution >= 4 is 21.7 Å². The molecule has 1 aromatic carbocycles. The molecule has 0 aliphatic carbocycles. The molecule has 1 unspecified atom stereocenters. The first-order valence-electron chi connectivity index (χ1n) is 5.42. The van der Waals surface area contributed by atoms with E-state index in [2.05, 4.69) is 6.58 Å². The summed E-state index contributed by atoms with van der Waals surface area (Å²) in [5, 5.41) is 0. The molecule has 0 spiro atoms. The highest BCUT2D eigenvalue weighted by molar-refractivity contribution is 7.85. The van der Waals surface area contributed by atoms with Crippen LogP contribution in [-0.2, 0) is 14.9 Å². The van der Waals surface area contributed by atoms with Crippen LogP contribution in [-0.4, -0.2) is 25.4 Å². The van der Waals surface area contributed by atoms with Gasteiger partial charge in [-0.2, -0.15) is 8.42 Å². The number of carbonyl (C=O) groups excluding carboxylic acids is 1. The third kappa shape index (κ3) is 2.44. The molecule has 1 heterocycles. The van der Waals surface area contributed by atoms with Gasteiger partial charge in [-0.25, -0.2) is 0 Å². The second kappa shape index (κ2) is 4.55. The molecule has 0 aromatic heterocycles. The Hall–Kier alpha value is -1.66. The molecule has 0 bridgehead atoms. The number of carbonyl (C=O) groups is 1. The lowest BCUT2D eigenvalue weighted by molar-refractivity contribution is -0.117. The Morgan fingerprint density at radius 3 is 2.39 bits per heavy atom. The lowest BCUT2D eigenvalue weighted by Gasteiger charge is -2.16. The minimum Gasteiger partial charge on any atom is -0.312 e. The molecule has 1 aromatic rings. The second-order valence-electron chi connectivity index (χ2n) is 4.17. The summed E-state index contributed by atoms with van der Waals surface area (Å²) >= 11 is 0. The van der Waals surface area contributed by atoms with Crippen molar-refractivity contribution < 1.29 is 17.8 Å². The minimum absolute atomic E-state index is 0.0143. The Bertz CT molecular complexity index is 577. The van der Waals surface area contributed by atoms with Crippen molar-refractivity contribution in [3.63, 3.8) is 0 Å². The molecule has 0 saturated carbocycles. The van der Waals surface area contributed by atoms with Crippen LogP contribution in [0, 0.1) is 5.92 Å². The third-order valence-electron chi connectivity index (χ3n) is 2.93. The van der Waals surface area contributed by atoms with E-state index in [0.717, 1.165) is 0 Å². The smallest absolute Gasteiger partial charge is 0.294 e. The molecule has 6 heteroatoms. The number of hydrogen-bond donors (Lipinski definition) is 1. The van der Waals surface area contributed by atoms with Crippen LogP contribution in [0.1, 0.15) is 6.42 Å². The molecule has 1 fully saturated rings. The van der Waals surface area contributed by atoms with Gasteiger partial charge in [0.1, 0.15) is 0 Å². The summed E-state index contributed by atoms with van der Waals surface area (Å²) in [5.41, 5.74) is 0.622. The van der Waals surface area contributed by atoms with Gasteiger partial charge in [-0.3, -0.25) is 9.35 Å². The first-order valence-corrected chi connectivity index (χ1v) is 6.86. The number of anilines is 1. The monoisotopic (exact) mass is 267 g/mol. The van der Waals surface area contributed by atoms with Crippen LogP contribution in [0.5, 0.6) is 0 Å². The van der Waals surface area contributed by atoms with Gasteiger partial charge < -0.3 is 4.90 Å². The van der Waals surface area contributed by atoms with E-state index in [1.54, 1.807) is 11.0 Å². The topological polar surface area (TPSA) is 74.7 Å². The summed E-state index contributed by atoms with van der Waals surface area (Å²) in [6.45, 7) is 4.21. The fourth-order valence-corrected chi connectivity index (χ4v) is 2.42. The van der Waals surface area contributed by atoms with Gasteiger partial charge in [0, 0.05) is 24.6 Å². The Balaban J connectivity index is 2.26. The number of hydrogen-bond acceptors (Lipinski definition) is 3. The predicted molar refractivity (Wildman–Crippen MR) is 66.9 cm³/mol. The van der Waals surface area contributed by atoms with E-state index in [4.69, 9.17) is 4.55 Å². The second-order valence-corrected chi connectivity index (χ2v) is 5.59. The Kier molecular flexibility index (Phi) is 3.23. The van der Waals surface area contributed by atoms with E-state index in [1.165, 1.54) is 24.3 Å². The molecular formula is C12H13NO4S. The Labute approximate surface area is 105 Å². The molecule has 1 N–H and O–H groups in total. The summed E-state index contributed by atoms with van der Waals surface area (Å²) in [6.07, 6.45) is 2.16. The van der Waals surface area contributed by atoms with Gasteiger partial charge in [-0.05, 0) is 24.3 Å². The van der Waals surface area contributed by atoms with Crippen molar-refractivity contribution in [1.29, 1.82) is 0 Å². The molecular weight excluding hydrogens is 254 g/mol. The highest BCUT2D eigenvalue weighted by Crippen LogP contribution is 2.26. The van der Waals surface area contributed by atoms with Crippen LogP contribution >= 0.6 is 0 Å². The van der Waals surface area contributed by atoms with Gasteiger partial charge in [0.05, 0.1) is 4.90 Å². The van der Waals surface area contributed by atoms with Gasteiger partial charge >= 0.3 is 0 Å². The lowest BCUT2D eigenvalue weighted by atomic mass is 10.1. The van der Waals surface area contributed by atoms with Crippen LogP contribution in [0.3, 0.4) is 0 Å². The fourth-order valence-electron chi connectivity index (χ4n) is 1.94. The molecule has 5 nitrogen and oxygen atoms in total. The lowest BCUT2D eigenvalue weighted by Crippen LogP contribution is -2.24. The van der Waals surface area contributed by atoms with Gasteiger partial charge in [-0.1, -0.05) is 6.08 Å². The zero-order valence-electron chi connectivity index (χ0n) is 9.61. The average Bonchev–Trinajstić information content (AvgIpc) is 2.70. The summed E-state index contributed by atoms with van der Waals surface area (Å²) in [4.78, 5) is 13.1. The fraction of sp³-hybridized carbons (Fsp3) is 0.250. The first-order chi connectivity index (χ1) is 8.41. The summed E-state index contributed by atoms with van der Waals surface area (Å²) < 4.78 is 30.6. The van der Waals surface area contributed by atoms with Crippen molar-refractivity contribution in [3.8, 4) is 0 Å². The number of rotatable bonds is 3. The van der Waals surface area contributed by atoms with Crippen molar-refractivity contribution in [2.75, 3.05) is 11.4 Å². The van der Waals surface area contributed by atoms with Crippen LogP contribution in [0.25, 0.3) is 0 Å². The summed E-state index contributed by atoms with van der Waals surface area (Å²) in [7, 11) is -4.19. The zero-order valence-corrected chi connectivity index (χ0v) is 10.4. The molecule has 0 radical (unpaired) electrons. The quantitative estimate of drug-likeness (QED) is 0.664. The zero-order chi connectivity index (χ0) is 13.3. The van der Waals surface area contributed by atoms with E-state index in [1.807, 2.05) is 0 Å². The van der Waals surface area contributed by atoms with Crippen LogP contribution in [0.4, 0.5) is 5.69 Å². The van der Waals surface area contributed by atoms with Crippen molar-refractivity contribution in [3.05, 3.63) is 36.9 Å². The van der Waals surface area contributed by atoms with Crippen molar-refractivity contribution in [2.24, 2.45) is 5.92 Å². The van der Waals surface area contributed by atoms with E-state index in [-0.39, 0.29) is 16.7 Å². The predicted octanol–water partition coefficient (Wildman–Crippen LogP) is 1.47. The summed E-state index contributed by atoms with van der Waals surface area (Å²) in [6, 6.07) is 5.57. The largest absolute Gasteiger partial charge is 0.312 e. The third-order valence-corrected chi connectivity index (χ3v) is 3.80. The number of nitrogens with zero attached hydrogens (tertiary/aromatic N) is 1. The molecule has 1 amide bonds. The number of amides is 1. The molecule has 1 aliphatic heterocycles. The molecule has 1 atom stereocenters. The van der Waals surface area contributed by atoms with Gasteiger partial charge in [0.15, 0.2) is 0 Å². The molecule has 2 rings (SSSR count). The SMILES string of the molecule is C=CC1CC(=O)N(c2ccc(S(=O)(=O)O)cc2)C1. The normalized spacial score (nSPS) is 20.2. The molecule has 18 heavy (non-hydrogen) atoms. The average molecular weight is 267 g/mol. The van der Waals surface area contributed by atoms with Crippen molar-refractivity contribution in [2.45, 2.75) is 11.3 Å².